The van der Waals surface area contributed by atoms with Gasteiger partial charge in [-0.05, 0) is 55.3 Å². The minimum Gasteiger partial charge on any atom is -0.289 e. The monoisotopic (exact) mass is 282 g/mol. The summed E-state index contributed by atoms with van der Waals surface area (Å²) in [5.74, 6) is 0. The Morgan fingerprint density at radius 3 is 3.00 bits per heavy atom. The van der Waals surface area contributed by atoms with Gasteiger partial charge in [-0.15, -0.1) is 11.3 Å². The minimum atomic E-state index is 0.172. The highest BCUT2D eigenvalue weighted by molar-refractivity contribution is 7.12. The van der Waals surface area contributed by atoms with Crippen molar-refractivity contribution in [2.24, 2.45) is 0 Å². The molecule has 3 heterocycles. The van der Waals surface area contributed by atoms with Crippen molar-refractivity contribution in [2.75, 3.05) is 0 Å². The molecule has 0 fully saturated rings. The van der Waals surface area contributed by atoms with Crippen molar-refractivity contribution < 1.29 is 0 Å². The Morgan fingerprint density at radius 2 is 2.20 bits per heavy atom. The Kier molecular flexibility index (Phi) is 2.54. The predicted octanol–water partition coefficient (Wildman–Crippen LogP) is 3.24. The molecule has 0 aliphatic heterocycles. The summed E-state index contributed by atoms with van der Waals surface area (Å²) in [6, 6.07) is 5.85. The topological polar surface area (TPSA) is 34.9 Å². The molecule has 0 spiro atoms. The normalized spacial score (nSPS) is 13.8. The van der Waals surface area contributed by atoms with Gasteiger partial charge in [0, 0.05) is 17.5 Å². The number of nitrogens with zero attached hydrogens (tertiary/aromatic N) is 2. The van der Waals surface area contributed by atoms with Crippen LogP contribution in [0.5, 0.6) is 0 Å². The summed E-state index contributed by atoms with van der Waals surface area (Å²) in [6.07, 6.45) is 4.69. The summed E-state index contributed by atoms with van der Waals surface area (Å²) in [4.78, 5) is 17.1. The van der Waals surface area contributed by atoms with Gasteiger partial charge in [0.1, 0.15) is 10.6 Å². The van der Waals surface area contributed by atoms with E-state index in [9.17, 15) is 4.79 Å². The molecule has 100 valence electrons. The van der Waals surface area contributed by atoms with Gasteiger partial charge in [-0.25, -0.2) is 4.98 Å². The van der Waals surface area contributed by atoms with E-state index in [4.69, 9.17) is 0 Å². The van der Waals surface area contributed by atoms with Crippen molar-refractivity contribution in [1.82, 2.24) is 9.55 Å². The van der Waals surface area contributed by atoms with Crippen molar-refractivity contribution in [3.63, 3.8) is 0 Å². The van der Waals surface area contributed by atoms with Gasteiger partial charge in [-0.2, -0.15) is 0 Å². The zero-order valence-electron chi connectivity index (χ0n) is 11.2. The van der Waals surface area contributed by atoms with Gasteiger partial charge in [0.25, 0.3) is 0 Å². The second-order valence-electron chi connectivity index (χ2n) is 5.23. The third-order valence-corrected chi connectivity index (χ3v) is 5.01. The zero-order chi connectivity index (χ0) is 13.7. The Hall–Kier alpha value is -1.94. The molecule has 0 amide bonds. The van der Waals surface area contributed by atoms with Crippen molar-refractivity contribution in [1.29, 1.82) is 0 Å². The van der Waals surface area contributed by atoms with Gasteiger partial charge in [-0.3, -0.25) is 9.36 Å². The van der Waals surface area contributed by atoms with Crippen LogP contribution in [-0.2, 0) is 12.8 Å². The van der Waals surface area contributed by atoms with E-state index in [1.165, 1.54) is 10.6 Å². The lowest BCUT2D eigenvalue weighted by Crippen LogP contribution is -2.16. The van der Waals surface area contributed by atoms with Crippen LogP contribution in [-0.4, -0.2) is 9.55 Å². The summed E-state index contributed by atoms with van der Waals surface area (Å²) in [7, 11) is 0. The SMILES string of the molecule is Cc1ccsc1-n1c2c(c(=O)c3cccnc31)CCC2. The third-order valence-electron chi connectivity index (χ3n) is 4.01. The summed E-state index contributed by atoms with van der Waals surface area (Å²) in [6.45, 7) is 2.11. The van der Waals surface area contributed by atoms with Crippen LogP contribution in [0, 0.1) is 6.92 Å². The molecular weight excluding hydrogens is 268 g/mol. The van der Waals surface area contributed by atoms with E-state index in [-0.39, 0.29) is 5.43 Å². The van der Waals surface area contributed by atoms with Crippen molar-refractivity contribution in [3.05, 3.63) is 56.8 Å². The molecule has 3 nitrogen and oxygen atoms in total. The fourth-order valence-electron chi connectivity index (χ4n) is 3.07. The fourth-order valence-corrected chi connectivity index (χ4v) is 4.03. The molecule has 4 rings (SSSR count). The quantitative estimate of drug-likeness (QED) is 0.686. The van der Waals surface area contributed by atoms with E-state index < -0.39 is 0 Å². The molecule has 0 atom stereocenters. The number of pyridine rings is 2. The highest BCUT2D eigenvalue weighted by atomic mass is 32.1. The predicted molar refractivity (Wildman–Crippen MR) is 82.0 cm³/mol. The van der Waals surface area contributed by atoms with E-state index >= 15 is 0 Å². The molecule has 0 radical (unpaired) electrons. The first-order valence-electron chi connectivity index (χ1n) is 6.83. The molecular formula is C16H14N2OS. The summed E-state index contributed by atoms with van der Waals surface area (Å²) in [5.41, 5.74) is 4.35. The third kappa shape index (κ3) is 1.51. The molecule has 4 heteroatoms. The van der Waals surface area contributed by atoms with Gasteiger partial charge in [0.2, 0.25) is 0 Å². The lowest BCUT2D eigenvalue weighted by molar-refractivity contribution is 0.876. The molecule has 0 N–H and O–H groups in total. The number of thiophene rings is 1. The highest BCUT2D eigenvalue weighted by Crippen LogP contribution is 2.30. The average Bonchev–Trinajstić information content (AvgIpc) is 3.09. The van der Waals surface area contributed by atoms with Gasteiger partial charge in [-0.1, -0.05) is 0 Å². The van der Waals surface area contributed by atoms with Crippen LogP contribution in [0.3, 0.4) is 0 Å². The molecule has 0 aromatic carbocycles. The minimum absolute atomic E-state index is 0.172. The second kappa shape index (κ2) is 4.28. The molecule has 0 saturated heterocycles. The van der Waals surface area contributed by atoms with Crippen LogP contribution in [0.4, 0.5) is 0 Å². The molecule has 0 bridgehead atoms. The van der Waals surface area contributed by atoms with Crippen LogP contribution < -0.4 is 5.43 Å². The molecule has 1 aliphatic rings. The molecule has 0 unspecified atom stereocenters. The lowest BCUT2D eigenvalue weighted by atomic mass is 10.1. The second-order valence-corrected chi connectivity index (χ2v) is 6.12. The summed E-state index contributed by atoms with van der Waals surface area (Å²) >= 11 is 1.71. The Morgan fingerprint density at radius 1 is 1.30 bits per heavy atom. The molecule has 20 heavy (non-hydrogen) atoms. The van der Waals surface area contributed by atoms with E-state index in [0.29, 0.717) is 0 Å². The Balaban J connectivity index is 2.23. The first-order chi connectivity index (χ1) is 9.77. The average molecular weight is 282 g/mol. The van der Waals surface area contributed by atoms with Crippen LogP contribution in [0.25, 0.3) is 16.0 Å². The highest BCUT2D eigenvalue weighted by Gasteiger charge is 2.23. The Bertz CT molecular complexity index is 876. The lowest BCUT2D eigenvalue weighted by Gasteiger charge is -2.15. The van der Waals surface area contributed by atoms with Gasteiger partial charge < -0.3 is 0 Å². The standard InChI is InChI=1S/C16H14N2OS/c1-10-7-9-20-16(10)18-13-6-2-4-11(13)14(19)12-5-3-8-17-15(12)18/h3,5,7-9H,2,4,6H2,1H3. The molecule has 3 aromatic rings. The number of aromatic nitrogens is 2. The number of fused-ring (bicyclic) bond motifs is 2. The number of aryl methyl sites for hydroxylation is 1. The van der Waals surface area contributed by atoms with E-state index in [1.54, 1.807) is 17.5 Å². The summed E-state index contributed by atoms with van der Waals surface area (Å²) in [5, 5.41) is 4.02. The number of rotatable bonds is 1. The van der Waals surface area contributed by atoms with Crippen LogP contribution in [0.1, 0.15) is 23.2 Å². The number of hydrogen-bond acceptors (Lipinski definition) is 3. The van der Waals surface area contributed by atoms with Gasteiger partial charge in [0.15, 0.2) is 5.43 Å². The fraction of sp³-hybridized carbons (Fsp3) is 0.250. The van der Waals surface area contributed by atoms with E-state index in [1.807, 2.05) is 12.1 Å². The van der Waals surface area contributed by atoms with Crippen LogP contribution in [0.2, 0.25) is 0 Å². The zero-order valence-corrected chi connectivity index (χ0v) is 12.0. The largest absolute Gasteiger partial charge is 0.289 e. The molecule has 1 aliphatic carbocycles. The maximum atomic E-state index is 12.6. The van der Waals surface area contributed by atoms with Crippen LogP contribution >= 0.6 is 11.3 Å². The molecule has 0 saturated carbocycles. The summed E-state index contributed by atoms with van der Waals surface area (Å²) < 4.78 is 2.21. The Labute approximate surface area is 120 Å². The van der Waals surface area contributed by atoms with Crippen molar-refractivity contribution >= 4 is 22.4 Å². The first-order valence-corrected chi connectivity index (χ1v) is 7.71. The smallest absolute Gasteiger partial charge is 0.194 e. The van der Waals surface area contributed by atoms with Crippen molar-refractivity contribution in [3.8, 4) is 5.00 Å². The van der Waals surface area contributed by atoms with Crippen molar-refractivity contribution in [2.45, 2.75) is 26.2 Å². The van der Waals surface area contributed by atoms with Gasteiger partial charge in [0.05, 0.1) is 5.39 Å². The van der Waals surface area contributed by atoms with Gasteiger partial charge >= 0.3 is 0 Å². The maximum absolute atomic E-state index is 12.6. The molecule has 3 aromatic heterocycles. The van der Waals surface area contributed by atoms with Crippen LogP contribution in [0.15, 0.2) is 34.6 Å². The van der Waals surface area contributed by atoms with E-state index in [2.05, 4.69) is 27.9 Å². The first kappa shape index (κ1) is 11.9. The number of hydrogen-bond donors (Lipinski definition) is 0. The maximum Gasteiger partial charge on any atom is 0.194 e. The van der Waals surface area contributed by atoms with E-state index in [0.717, 1.165) is 41.6 Å².